The largest absolute Gasteiger partial charge is 0.381 e. The fourth-order valence-corrected chi connectivity index (χ4v) is 2.21. The molecule has 0 fully saturated rings. The number of nitrogen functional groups attached to an aromatic ring is 1. The second-order valence-electron chi connectivity index (χ2n) is 2.56. The Morgan fingerprint density at radius 1 is 1.62 bits per heavy atom. The SMILES string of the molecule is Nc1cn(Cc2ccsc2Br)nn1. The van der Waals surface area contributed by atoms with Crippen LogP contribution in [0.4, 0.5) is 5.82 Å². The normalized spacial score (nSPS) is 10.5. The van der Waals surface area contributed by atoms with Gasteiger partial charge in [-0.1, -0.05) is 5.21 Å². The Balaban J connectivity index is 2.19. The molecular formula is C7H7BrN4S. The smallest absolute Gasteiger partial charge is 0.165 e. The quantitative estimate of drug-likeness (QED) is 0.893. The van der Waals surface area contributed by atoms with Crippen LogP contribution in [0.5, 0.6) is 0 Å². The van der Waals surface area contributed by atoms with Crippen molar-refractivity contribution in [3.8, 4) is 0 Å². The van der Waals surface area contributed by atoms with Gasteiger partial charge in [-0.25, -0.2) is 4.68 Å². The van der Waals surface area contributed by atoms with E-state index in [2.05, 4.69) is 26.2 Å². The van der Waals surface area contributed by atoms with Gasteiger partial charge in [-0.2, -0.15) is 0 Å². The molecule has 2 N–H and O–H groups in total. The number of nitrogens with zero attached hydrogens (tertiary/aromatic N) is 3. The van der Waals surface area contributed by atoms with Crippen LogP contribution in [0.2, 0.25) is 0 Å². The number of halogens is 1. The van der Waals surface area contributed by atoms with Crippen molar-refractivity contribution < 1.29 is 0 Å². The average molecular weight is 259 g/mol. The first kappa shape index (κ1) is 8.71. The zero-order chi connectivity index (χ0) is 9.26. The van der Waals surface area contributed by atoms with Crippen molar-refractivity contribution in [3.05, 3.63) is 27.0 Å². The van der Waals surface area contributed by atoms with Gasteiger partial charge in [0.05, 0.1) is 16.5 Å². The first-order valence-corrected chi connectivity index (χ1v) is 5.30. The van der Waals surface area contributed by atoms with E-state index < -0.39 is 0 Å². The van der Waals surface area contributed by atoms with E-state index >= 15 is 0 Å². The van der Waals surface area contributed by atoms with E-state index in [-0.39, 0.29) is 0 Å². The molecule has 0 aliphatic heterocycles. The molecule has 2 aromatic heterocycles. The molecule has 0 saturated carbocycles. The fourth-order valence-electron chi connectivity index (χ4n) is 0.997. The summed E-state index contributed by atoms with van der Waals surface area (Å²) in [5.74, 6) is 0.450. The second-order valence-corrected chi connectivity index (χ2v) is 4.79. The molecule has 2 rings (SSSR count). The molecule has 0 aromatic carbocycles. The number of anilines is 1. The van der Waals surface area contributed by atoms with Crippen LogP contribution >= 0.6 is 27.3 Å². The maximum absolute atomic E-state index is 5.44. The molecule has 0 spiro atoms. The lowest BCUT2D eigenvalue weighted by Gasteiger charge is -1.97. The summed E-state index contributed by atoms with van der Waals surface area (Å²) in [7, 11) is 0. The third-order valence-corrected chi connectivity index (χ3v) is 3.39. The Bertz CT molecular complexity index is 408. The summed E-state index contributed by atoms with van der Waals surface area (Å²) in [4.78, 5) is 0. The zero-order valence-electron chi connectivity index (χ0n) is 6.64. The van der Waals surface area contributed by atoms with E-state index in [0.29, 0.717) is 12.4 Å². The summed E-state index contributed by atoms with van der Waals surface area (Å²) in [6.45, 7) is 0.703. The lowest BCUT2D eigenvalue weighted by atomic mass is 10.3. The first-order chi connectivity index (χ1) is 6.25. The molecule has 4 nitrogen and oxygen atoms in total. The highest BCUT2D eigenvalue weighted by atomic mass is 79.9. The van der Waals surface area contributed by atoms with Crippen molar-refractivity contribution in [2.24, 2.45) is 0 Å². The molecule has 0 atom stereocenters. The lowest BCUT2D eigenvalue weighted by Crippen LogP contribution is -1.99. The van der Waals surface area contributed by atoms with Crippen LogP contribution in [0, 0.1) is 0 Å². The van der Waals surface area contributed by atoms with Crippen molar-refractivity contribution in [2.45, 2.75) is 6.54 Å². The monoisotopic (exact) mass is 258 g/mol. The Morgan fingerprint density at radius 2 is 2.46 bits per heavy atom. The molecule has 2 aromatic rings. The predicted octanol–water partition coefficient (Wildman–Crippen LogP) is 1.73. The minimum atomic E-state index is 0.450. The van der Waals surface area contributed by atoms with Gasteiger partial charge in [0.25, 0.3) is 0 Å². The molecule has 6 heteroatoms. The minimum absolute atomic E-state index is 0.450. The molecule has 0 saturated heterocycles. The van der Waals surface area contributed by atoms with Crippen molar-refractivity contribution in [3.63, 3.8) is 0 Å². The summed E-state index contributed by atoms with van der Waals surface area (Å²) in [6, 6.07) is 2.05. The van der Waals surface area contributed by atoms with E-state index in [1.807, 2.05) is 11.4 Å². The summed E-state index contributed by atoms with van der Waals surface area (Å²) in [5, 5.41) is 9.59. The summed E-state index contributed by atoms with van der Waals surface area (Å²) in [5.41, 5.74) is 6.63. The van der Waals surface area contributed by atoms with Gasteiger partial charge in [0, 0.05) is 0 Å². The van der Waals surface area contributed by atoms with Gasteiger partial charge in [-0.15, -0.1) is 16.4 Å². The third kappa shape index (κ3) is 1.89. The van der Waals surface area contributed by atoms with Crippen molar-refractivity contribution in [2.75, 3.05) is 5.73 Å². The number of hydrogen-bond donors (Lipinski definition) is 1. The third-order valence-electron chi connectivity index (χ3n) is 1.58. The number of thiophene rings is 1. The van der Waals surface area contributed by atoms with Crippen molar-refractivity contribution in [1.29, 1.82) is 0 Å². The summed E-state index contributed by atoms with van der Waals surface area (Å²) >= 11 is 5.11. The number of hydrogen-bond acceptors (Lipinski definition) is 4. The Morgan fingerprint density at radius 3 is 3.00 bits per heavy atom. The first-order valence-electron chi connectivity index (χ1n) is 3.63. The van der Waals surface area contributed by atoms with Crippen LogP contribution in [0.1, 0.15) is 5.56 Å². The molecule has 68 valence electrons. The van der Waals surface area contributed by atoms with Gasteiger partial charge < -0.3 is 5.73 Å². The van der Waals surface area contributed by atoms with Crippen LogP contribution in [0.25, 0.3) is 0 Å². The zero-order valence-corrected chi connectivity index (χ0v) is 9.05. The Labute approximate surface area is 87.5 Å². The molecule has 0 unspecified atom stereocenters. The molecular weight excluding hydrogens is 252 g/mol. The van der Waals surface area contributed by atoms with E-state index in [4.69, 9.17) is 5.73 Å². The van der Waals surface area contributed by atoms with Crippen LogP contribution in [-0.2, 0) is 6.54 Å². The summed E-state index contributed by atoms with van der Waals surface area (Å²) < 4.78 is 2.84. The maximum atomic E-state index is 5.44. The molecule has 0 amide bonds. The molecule has 0 bridgehead atoms. The molecule has 0 aliphatic carbocycles. The fraction of sp³-hybridized carbons (Fsp3) is 0.143. The highest BCUT2D eigenvalue weighted by Gasteiger charge is 2.03. The Kier molecular flexibility index (Phi) is 2.32. The molecule has 2 heterocycles. The number of nitrogens with two attached hydrogens (primary N) is 1. The minimum Gasteiger partial charge on any atom is -0.381 e. The van der Waals surface area contributed by atoms with Gasteiger partial charge in [-0.05, 0) is 32.9 Å². The van der Waals surface area contributed by atoms with Crippen molar-refractivity contribution >= 4 is 33.1 Å². The maximum Gasteiger partial charge on any atom is 0.165 e. The second kappa shape index (κ2) is 3.47. The topological polar surface area (TPSA) is 56.7 Å². The summed E-state index contributed by atoms with van der Waals surface area (Å²) in [6.07, 6.45) is 1.71. The predicted molar refractivity (Wildman–Crippen MR) is 55.6 cm³/mol. The van der Waals surface area contributed by atoms with E-state index in [1.54, 1.807) is 22.2 Å². The van der Waals surface area contributed by atoms with Gasteiger partial charge in [-0.3, -0.25) is 0 Å². The molecule has 0 radical (unpaired) electrons. The highest BCUT2D eigenvalue weighted by Crippen LogP contribution is 2.23. The van der Waals surface area contributed by atoms with Gasteiger partial charge in [0.1, 0.15) is 0 Å². The highest BCUT2D eigenvalue weighted by molar-refractivity contribution is 9.11. The van der Waals surface area contributed by atoms with Crippen LogP contribution in [-0.4, -0.2) is 15.0 Å². The number of aromatic nitrogens is 3. The standard InChI is InChI=1S/C7H7BrN4S/c8-7-5(1-2-13-7)3-12-4-6(9)10-11-12/h1-2,4H,3,9H2. The van der Waals surface area contributed by atoms with Crippen molar-refractivity contribution in [1.82, 2.24) is 15.0 Å². The van der Waals surface area contributed by atoms with Gasteiger partial charge >= 0.3 is 0 Å². The molecule has 0 aliphatic rings. The Hall–Kier alpha value is -0.880. The van der Waals surface area contributed by atoms with E-state index in [1.165, 1.54) is 5.56 Å². The lowest BCUT2D eigenvalue weighted by molar-refractivity contribution is 0.650. The average Bonchev–Trinajstić information content (AvgIpc) is 2.64. The molecule has 13 heavy (non-hydrogen) atoms. The van der Waals surface area contributed by atoms with E-state index in [0.717, 1.165) is 3.79 Å². The van der Waals surface area contributed by atoms with Gasteiger partial charge in [0.2, 0.25) is 0 Å². The number of rotatable bonds is 2. The van der Waals surface area contributed by atoms with Crippen LogP contribution < -0.4 is 5.73 Å². The van der Waals surface area contributed by atoms with Crippen LogP contribution in [0.3, 0.4) is 0 Å². The van der Waals surface area contributed by atoms with Gasteiger partial charge in [0.15, 0.2) is 5.82 Å². The van der Waals surface area contributed by atoms with E-state index in [9.17, 15) is 0 Å². The van der Waals surface area contributed by atoms with Crippen LogP contribution in [0.15, 0.2) is 21.4 Å².